The van der Waals surface area contributed by atoms with E-state index in [2.05, 4.69) is 42.4 Å². The van der Waals surface area contributed by atoms with E-state index in [1.165, 1.54) is 6.07 Å². The molecule has 1 aliphatic heterocycles. The Bertz CT molecular complexity index is 1540. The quantitative estimate of drug-likeness (QED) is 0.298. The van der Waals surface area contributed by atoms with E-state index in [1.54, 1.807) is 25.4 Å². The Labute approximate surface area is 238 Å². The minimum Gasteiger partial charge on any atom is -0.359 e. The van der Waals surface area contributed by atoms with E-state index in [4.69, 9.17) is 0 Å². The summed E-state index contributed by atoms with van der Waals surface area (Å²) in [6.45, 7) is 10.9. The summed E-state index contributed by atoms with van der Waals surface area (Å²) in [5.41, 5.74) is 1.90. The number of amides is 1. The Balaban J connectivity index is 1.40. The van der Waals surface area contributed by atoms with E-state index in [0.717, 1.165) is 44.2 Å². The molecule has 1 fully saturated rings. The molecule has 1 saturated heterocycles. The van der Waals surface area contributed by atoms with Crippen LogP contribution in [0.25, 0.3) is 22.3 Å². The summed E-state index contributed by atoms with van der Waals surface area (Å²) in [5, 5.41) is 5.82. The Morgan fingerprint density at radius 2 is 1.83 bits per heavy atom. The molecule has 0 aliphatic carbocycles. The summed E-state index contributed by atoms with van der Waals surface area (Å²) in [6.07, 6.45) is 4.64. The third-order valence-corrected chi connectivity index (χ3v) is 7.92. The first-order valence-corrected chi connectivity index (χ1v) is 14.1. The number of rotatable bonds is 8. The number of imidazole rings is 1. The first-order valence-electron chi connectivity index (χ1n) is 14.1. The molecule has 1 atom stereocenters. The number of carbonyl (C=O) groups is 1. The normalized spacial score (nSPS) is 15.4. The molecule has 4 aromatic rings. The molecule has 1 amide bonds. The number of likely N-dealkylation sites (tertiary alicyclic amines) is 1. The van der Waals surface area contributed by atoms with Crippen molar-refractivity contribution < 1.29 is 13.6 Å². The lowest BCUT2D eigenvalue weighted by Gasteiger charge is -2.35. The number of nitrogens with zero attached hydrogens (tertiary/aromatic N) is 6. The molecule has 0 spiro atoms. The number of carbonyl (C=O) groups excluding carboxylic acids is 1. The third kappa shape index (κ3) is 5.76. The molecule has 9 nitrogen and oxygen atoms in total. The van der Waals surface area contributed by atoms with Gasteiger partial charge in [0, 0.05) is 24.8 Å². The van der Waals surface area contributed by atoms with Crippen LogP contribution in [0.5, 0.6) is 0 Å². The van der Waals surface area contributed by atoms with Gasteiger partial charge in [0.2, 0.25) is 11.9 Å². The van der Waals surface area contributed by atoms with Crippen LogP contribution >= 0.6 is 0 Å². The second kappa shape index (κ2) is 11.9. The minimum absolute atomic E-state index is 0.0211. The predicted octanol–water partition coefficient (Wildman–Crippen LogP) is 5.36. The molecule has 1 aliphatic rings. The summed E-state index contributed by atoms with van der Waals surface area (Å²) in [6, 6.07) is 6.62. The van der Waals surface area contributed by atoms with Crippen molar-refractivity contribution in [3.63, 3.8) is 0 Å². The van der Waals surface area contributed by atoms with Crippen LogP contribution < -0.4 is 10.6 Å². The zero-order valence-corrected chi connectivity index (χ0v) is 24.1. The smallest absolute Gasteiger partial charge is 0.229 e. The fourth-order valence-electron chi connectivity index (χ4n) is 5.86. The maximum Gasteiger partial charge on any atom is 0.229 e. The number of hydrogen-bond acceptors (Lipinski definition) is 7. The van der Waals surface area contributed by atoms with Gasteiger partial charge in [0.1, 0.15) is 22.9 Å². The number of fused-ring (bicyclic) bond motifs is 1. The summed E-state index contributed by atoms with van der Waals surface area (Å²) in [7, 11) is 1.66. The van der Waals surface area contributed by atoms with Crippen LogP contribution in [0.4, 0.5) is 20.5 Å². The molecule has 0 bridgehead atoms. The van der Waals surface area contributed by atoms with Crippen molar-refractivity contribution >= 4 is 28.7 Å². The molecule has 216 valence electrons. The van der Waals surface area contributed by atoms with Gasteiger partial charge in [-0.1, -0.05) is 13.0 Å². The van der Waals surface area contributed by atoms with Gasteiger partial charge in [-0.15, -0.1) is 0 Å². The molecule has 3 aromatic heterocycles. The van der Waals surface area contributed by atoms with Gasteiger partial charge in [0.05, 0.1) is 17.6 Å². The molecular formula is C30H36F2N8O. The van der Waals surface area contributed by atoms with E-state index in [-0.39, 0.29) is 46.5 Å². The molecule has 1 aromatic carbocycles. The highest BCUT2D eigenvalue weighted by Crippen LogP contribution is 2.34. The van der Waals surface area contributed by atoms with Crippen molar-refractivity contribution in [2.45, 2.75) is 52.5 Å². The van der Waals surface area contributed by atoms with Crippen molar-refractivity contribution in [3.05, 3.63) is 59.7 Å². The van der Waals surface area contributed by atoms with Crippen LogP contribution in [0, 0.1) is 24.5 Å². The number of nitrogens with one attached hydrogen (secondary N) is 2. The Morgan fingerprint density at radius 3 is 2.46 bits per heavy atom. The predicted molar refractivity (Wildman–Crippen MR) is 155 cm³/mol. The number of aromatic nitrogens is 5. The van der Waals surface area contributed by atoms with E-state index < -0.39 is 11.6 Å². The van der Waals surface area contributed by atoms with Crippen molar-refractivity contribution in [1.82, 2.24) is 34.7 Å². The lowest BCUT2D eigenvalue weighted by atomic mass is 9.80. The number of likely N-dealkylation sites (N-methyl/N-ethyl adjacent to an activating group) is 1. The number of hydrogen-bond donors (Lipinski definition) is 2. The number of anilines is 2. The topological polar surface area (TPSA) is 101 Å². The first kappa shape index (κ1) is 28.5. The van der Waals surface area contributed by atoms with Crippen LogP contribution in [0.2, 0.25) is 0 Å². The van der Waals surface area contributed by atoms with Gasteiger partial charge in [-0.05, 0) is 82.9 Å². The second-order valence-electron chi connectivity index (χ2n) is 10.8. The zero-order chi connectivity index (χ0) is 29.3. The minimum atomic E-state index is -0.674. The molecule has 4 heterocycles. The highest BCUT2D eigenvalue weighted by molar-refractivity contribution is 5.84. The molecule has 0 unspecified atom stereocenters. The standard InChI is InChI=1S/C30H36F2N8O/c1-6-39-11-9-19(10-12-39)26(29(41)33-5)20-7-8-25(34-15-20)37-30-35-16-23(32)27(38-30)21-13-22(31)28-24(14-21)40(17(2)3)18(4)36-28/h7-8,13-17,19,26H,6,9-12H2,1-5H3,(H,33,41)(H,34,35,37,38)/t26-/m0/s1. The molecule has 0 radical (unpaired) electrons. The van der Waals surface area contributed by atoms with E-state index >= 15 is 4.39 Å². The third-order valence-electron chi connectivity index (χ3n) is 7.92. The molecule has 41 heavy (non-hydrogen) atoms. The maximum absolute atomic E-state index is 15.0. The fraction of sp³-hybridized carbons (Fsp3) is 0.433. The zero-order valence-electron chi connectivity index (χ0n) is 24.1. The number of benzene rings is 1. The number of piperidine rings is 1. The van der Waals surface area contributed by atoms with Gasteiger partial charge in [0.15, 0.2) is 11.6 Å². The van der Waals surface area contributed by atoms with Crippen molar-refractivity contribution in [1.29, 1.82) is 0 Å². The molecular weight excluding hydrogens is 526 g/mol. The number of aryl methyl sites for hydroxylation is 1. The summed E-state index contributed by atoms with van der Waals surface area (Å²) >= 11 is 0. The van der Waals surface area contributed by atoms with Crippen LogP contribution in [0.3, 0.4) is 0 Å². The first-order chi connectivity index (χ1) is 19.7. The average molecular weight is 563 g/mol. The van der Waals surface area contributed by atoms with E-state index in [1.807, 2.05) is 31.4 Å². The monoisotopic (exact) mass is 562 g/mol. The summed E-state index contributed by atoms with van der Waals surface area (Å²) in [4.78, 5) is 32.5. The van der Waals surface area contributed by atoms with Gasteiger partial charge < -0.3 is 20.1 Å². The summed E-state index contributed by atoms with van der Waals surface area (Å²) in [5.74, 6) is -0.0631. The molecule has 5 rings (SSSR count). The van der Waals surface area contributed by atoms with Crippen LogP contribution in [-0.2, 0) is 4.79 Å². The highest BCUT2D eigenvalue weighted by atomic mass is 19.1. The largest absolute Gasteiger partial charge is 0.359 e. The lowest BCUT2D eigenvalue weighted by molar-refractivity contribution is -0.123. The van der Waals surface area contributed by atoms with Crippen molar-refractivity contribution in [2.24, 2.45) is 5.92 Å². The van der Waals surface area contributed by atoms with Crippen LogP contribution in [-0.4, -0.2) is 62.0 Å². The maximum atomic E-state index is 15.0. The lowest BCUT2D eigenvalue weighted by Crippen LogP contribution is -2.39. The van der Waals surface area contributed by atoms with Crippen molar-refractivity contribution in [3.8, 4) is 11.3 Å². The highest BCUT2D eigenvalue weighted by Gasteiger charge is 2.32. The van der Waals surface area contributed by atoms with Gasteiger partial charge >= 0.3 is 0 Å². The Kier molecular flexibility index (Phi) is 8.25. The van der Waals surface area contributed by atoms with Crippen LogP contribution in [0.15, 0.2) is 36.7 Å². The van der Waals surface area contributed by atoms with E-state index in [9.17, 15) is 9.18 Å². The second-order valence-corrected chi connectivity index (χ2v) is 10.8. The van der Waals surface area contributed by atoms with Gasteiger partial charge in [-0.2, -0.15) is 0 Å². The number of halogens is 2. The number of pyridine rings is 1. The van der Waals surface area contributed by atoms with E-state index in [0.29, 0.717) is 17.2 Å². The van der Waals surface area contributed by atoms with Gasteiger partial charge in [0.25, 0.3) is 0 Å². The van der Waals surface area contributed by atoms with Gasteiger partial charge in [-0.25, -0.2) is 28.7 Å². The Morgan fingerprint density at radius 1 is 1.07 bits per heavy atom. The average Bonchev–Trinajstić information content (AvgIpc) is 3.32. The van der Waals surface area contributed by atoms with Crippen LogP contribution in [0.1, 0.15) is 57.0 Å². The van der Waals surface area contributed by atoms with Crippen molar-refractivity contribution in [2.75, 3.05) is 32.0 Å². The SMILES string of the molecule is CCN1CCC([C@H](C(=O)NC)c2ccc(Nc3ncc(F)c(-c4cc(F)c5nc(C)n(C(C)C)c5c4)n3)nc2)CC1. The molecule has 0 saturated carbocycles. The molecule has 11 heteroatoms. The molecule has 2 N–H and O–H groups in total. The summed E-state index contributed by atoms with van der Waals surface area (Å²) < 4.78 is 31.8. The fourth-order valence-corrected chi connectivity index (χ4v) is 5.86. The Hall–Kier alpha value is -3.99. The van der Waals surface area contributed by atoms with Gasteiger partial charge in [-0.3, -0.25) is 4.79 Å².